The zero-order valence-corrected chi connectivity index (χ0v) is 16.3. The van der Waals surface area contributed by atoms with Gasteiger partial charge in [0.1, 0.15) is 0 Å². The van der Waals surface area contributed by atoms with Crippen LogP contribution in [0.15, 0.2) is 5.57 Å². The van der Waals surface area contributed by atoms with Crippen LogP contribution in [0.5, 0.6) is 0 Å². The second-order valence-electron chi connectivity index (χ2n) is 3.77. The van der Waals surface area contributed by atoms with Crippen LogP contribution < -0.4 is 0 Å². The second kappa shape index (κ2) is 25.5. The van der Waals surface area contributed by atoms with Gasteiger partial charge in [0.25, 0.3) is 0 Å². The molecule has 11 radical (unpaired) electrons. The molecule has 0 atom stereocenters. The molecule has 2 aliphatic rings. The summed E-state index contributed by atoms with van der Waals surface area (Å²) in [7, 11) is 1.00. The molecule has 0 heterocycles. The number of hydrogen-bond acceptors (Lipinski definition) is 1. The summed E-state index contributed by atoms with van der Waals surface area (Å²) < 4.78 is 0. The molecular weight excluding hydrogens is 335 g/mol. The van der Waals surface area contributed by atoms with Gasteiger partial charge >= 0.3 is 26.2 Å². The second-order valence-corrected chi connectivity index (χ2v) is 3.77. The van der Waals surface area contributed by atoms with E-state index in [0.29, 0.717) is 0 Å². The molecule has 2 saturated carbocycles. The molecule has 0 bridgehead atoms. The first kappa shape index (κ1) is 26.5. The first-order chi connectivity index (χ1) is 9.85. The van der Waals surface area contributed by atoms with Crippen LogP contribution in [-0.2, 0) is 26.2 Å². The van der Waals surface area contributed by atoms with Gasteiger partial charge in [0.05, 0.1) is 0 Å². The minimum absolute atomic E-state index is 0. The predicted molar refractivity (Wildman–Crippen MR) is 88.8 cm³/mol. The minimum Gasteiger partial charge on any atom is -0.497 e. The molecule has 0 aromatic carbocycles. The monoisotopic (exact) mass is 363 g/mol. The van der Waals surface area contributed by atoms with Crippen LogP contribution in [0.25, 0.3) is 0 Å². The summed E-state index contributed by atoms with van der Waals surface area (Å²) in [6.45, 7) is 6.49. The average molecular weight is 365 g/mol. The maximum Gasteiger partial charge on any atom is 3.00 e. The Hall–Kier alpha value is 0.583. The van der Waals surface area contributed by atoms with Crippen LogP contribution in [0.1, 0.15) is 40.0 Å². The van der Waals surface area contributed by atoms with Gasteiger partial charge in [-0.1, -0.05) is 33.6 Å². The van der Waals surface area contributed by atoms with Crippen molar-refractivity contribution in [2.24, 2.45) is 0 Å². The van der Waals surface area contributed by atoms with E-state index in [1.165, 1.54) is 18.4 Å². The normalized spacial score (nSPS) is 15.1. The molecule has 0 amide bonds. The number of hydrogen-bond donors (Lipinski definition) is 1. The van der Waals surface area contributed by atoms with Crippen molar-refractivity contribution >= 4 is 0 Å². The zero-order valence-electron chi connectivity index (χ0n) is 13.8. The van der Waals surface area contributed by atoms with Crippen LogP contribution in [0.4, 0.5) is 0 Å². The van der Waals surface area contributed by atoms with E-state index < -0.39 is 0 Å². The Morgan fingerprint density at radius 2 is 0.905 bits per heavy atom. The molecule has 21 heavy (non-hydrogen) atoms. The quantitative estimate of drug-likeness (QED) is 0.726. The van der Waals surface area contributed by atoms with Gasteiger partial charge in [-0.2, -0.15) is 6.42 Å². The maximum absolute atomic E-state index is 7.00. The number of rotatable bonds is 3. The molecular formula is C19H29OZr+2. The molecule has 0 saturated heterocycles. The van der Waals surface area contributed by atoms with Gasteiger partial charge in [-0.3, -0.25) is 5.57 Å². The Balaban J connectivity index is -0.000000219. The SMILES string of the molecule is CC[C-]=C(CC)CC.CO.[CH]1[CH][CH][CH][CH]1.[CH]1[CH][CH][CH][CH]1.[Zr+3]. The van der Waals surface area contributed by atoms with Gasteiger partial charge in [0, 0.05) is 7.11 Å². The summed E-state index contributed by atoms with van der Waals surface area (Å²) >= 11 is 0. The van der Waals surface area contributed by atoms with Crippen molar-refractivity contribution < 1.29 is 31.3 Å². The third-order valence-corrected chi connectivity index (χ3v) is 2.39. The van der Waals surface area contributed by atoms with Crippen molar-refractivity contribution in [2.45, 2.75) is 40.0 Å². The fourth-order valence-electron chi connectivity index (χ4n) is 1.39. The molecule has 0 aliphatic heterocycles. The molecule has 1 nitrogen and oxygen atoms in total. The average Bonchev–Trinajstić information content (AvgIpc) is 3.25. The molecule has 113 valence electrons. The fraction of sp³-hybridized carbons (Fsp3) is 0.368. The zero-order chi connectivity index (χ0) is 15.5. The first-order valence-electron chi connectivity index (χ1n) is 7.21. The van der Waals surface area contributed by atoms with E-state index in [4.69, 9.17) is 5.11 Å². The Morgan fingerprint density at radius 3 is 1.00 bits per heavy atom. The van der Waals surface area contributed by atoms with Gasteiger partial charge in [0.2, 0.25) is 0 Å². The third kappa shape index (κ3) is 23.0. The molecule has 2 rings (SSSR count). The summed E-state index contributed by atoms with van der Waals surface area (Å²) in [5, 5.41) is 7.00. The summed E-state index contributed by atoms with van der Waals surface area (Å²) in [5.41, 5.74) is 1.47. The van der Waals surface area contributed by atoms with Crippen molar-refractivity contribution in [3.05, 3.63) is 75.9 Å². The van der Waals surface area contributed by atoms with Crippen LogP contribution in [-0.4, -0.2) is 12.2 Å². The van der Waals surface area contributed by atoms with E-state index in [-0.39, 0.29) is 26.2 Å². The molecule has 1 N–H and O–H groups in total. The van der Waals surface area contributed by atoms with Gasteiger partial charge in [-0.25, -0.2) is 0 Å². The number of aliphatic hydroxyl groups excluding tert-OH is 1. The van der Waals surface area contributed by atoms with Gasteiger partial charge in [0.15, 0.2) is 0 Å². The molecule has 0 aromatic heterocycles. The van der Waals surface area contributed by atoms with Crippen LogP contribution in [0, 0.1) is 70.3 Å². The summed E-state index contributed by atoms with van der Waals surface area (Å²) in [6, 6.07) is 0. The van der Waals surface area contributed by atoms with Crippen molar-refractivity contribution in [2.75, 3.05) is 7.11 Å². The Kier molecular flexibility index (Phi) is 32.2. The largest absolute Gasteiger partial charge is 3.00 e. The topological polar surface area (TPSA) is 20.2 Å². The fourth-order valence-corrected chi connectivity index (χ4v) is 1.39. The molecule has 2 aliphatic carbocycles. The molecule has 0 spiro atoms. The van der Waals surface area contributed by atoms with E-state index >= 15 is 0 Å². The maximum atomic E-state index is 7.00. The van der Waals surface area contributed by atoms with E-state index in [9.17, 15) is 0 Å². The smallest absolute Gasteiger partial charge is 0.497 e. The third-order valence-electron chi connectivity index (χ3n) is 2.39. The van der Waals surface area contributed by atoms with Crippen LogP contribution in [0.2, 0.25) is 0 Å². The molecule has 2 heteroatoms. The van der Waals surface area contributed by atoms with Gasteiger partial charge < -0.3 is 11.2 Å². The standard InChI is InChI=1S/C8H15.2C5H5.CH4O.Zr/c1-4-7-8(5-2)6-3;2*1-2-4-5-3-1;1-2;/h4-6H2,1-3H3;2*1-5H;2H,1H3;/q-1;;;;+3. The van der Waals surface area contributed by atoms with E-state index in [2.05, 4.69) is 26.8 Å². The van der Waals surface area contributed by atoms with E-state index in [1.807, 2.05) is 64.2 Å². The summed E-state index contributed by atoms with van der Waals surface area (Å²) in [4.78, 5) is 0. The Morgan fingerprint density at radius 1 is 0.667 bits per heavy atom. The van der Waals surface area contributed by atoms with Crippen molar-refractivity contribution in [3.63, 3.8) is 0 Å². The van der Waals surface area contributed by atoms with E-state index in [0.717, 1.165) is 13.5 Å². The first-order valence-corrected chi connectivity index (χ1v) is 7.21. The number of allylic oxidation sites excluding steroid dienone is 2. The van der Waals surface area contributed by atoms with Gasteiger partial charge in [-0.15, -0.1) is 0 Å². The number of aliphatic hydroxyl groups is 1. The van der Waals surface area contributed by atoms with Crippen LogP contribution in [0.3, 0.4) is 0 Å². The molecule has 0 aromatic rings. The Bertz CT molecular complexity index is 151. The predicted octanol–water partition coefficient (Wildman–Crippen LogP) is 4.59. The van der Waals surface area contributed by atoms with E-state index in [1.54, 1.807) is 0 Å². The Labute approximate surface area is 154 Å². The minimum atomic E-state index is 0. The molecule has 2 fully saturated rings. The summed E-state index contributed by atoms with van der Waals surface area (Å²) in [6.07, 6.45) is 26.7. The van der Waals surface area contributed by atoms with Crippen molar-refractivity contribution in [1.29, 1.82) is 0 Å². The van der Waals surface area contributed by atoms with Crippen molar-refractivity contribution in [3.8, 4) is 0 Å². The van der Waals surface area contributed by atoms with Gasteiger partial charge in [-0.05, 0) is 64.2 Å². The van der Waals surface area contributed by atoms with Crippen LogP contribution >= 0.6 is 0 Å². The summed E-state index contributed by atoms with van der Waals surface area (Å²) in [5.74, 6) is 0. The molecule has 0 unspecified atom stereocenters. The van der Waals surface area contributed by atoms with Crippen molar-refractivity contribution in [1.82, 2.24) is 0 Å².